The Morgan fingerprint density at radius 1 is 1.15 bits per heavy atom. The normalized spacial score (nSPS) is 17.6. The number of halogens is 1. The van der Waals surface area contributed by atoms with Gasteiger partial charge in [0.2, 0.25) is 0 Å². The van der Waals surface area contributed by atoms with E-state index >= 15 is 0 Å². The average Bonchev–Trinajstić information content (AvgIpc) is 2.46. The quantitative estimate of drug-likeness (QED) is 0.650. The van der Waals surface area contributed by atoms with Crippen molar-refractivity contribution in [3.05, 3.63) is 17.0 Å². The maximum absolute atomic E-state index is 5.78. The molecule has 0 aliphatic heterocycles. The first-order valence-electron chi connectivity index (χ1n) is 4.94. The van der Waals surface area contributed by atoms with Crippen molar-refractivity contribution < 1.29 is 4.52 Å². The summed E-state index contributed by atoms with van der Waals surface area (Å²) in [5.74, 6) is 1.56. The minimum atomic E-state index is 0.485. The summed E-state index contributed by atoms with van der Waals surface area (Å²) < 4.78 is 5.28. The van der Waals surface area contributed by atoms with E-state index in [0.717, 1.165) is 24.3 Å². The van der Waals surface area contributed by atoms with Gasteiger partial charge in [0.25, 0.3) is 0 Å². The highest BCUT2D eigenvalue weighted by Crippen LogP contribution is 2.23. The fraction of sp³-hybridized carbons (Fsp3) is 0.700. The van der Waals surface area contributed by atoms with Crippen molar-refractivity contribution in [2.24, 2.45) is 0 Å². The molecule has 0 aromatic carbocycles. The molecule has 1 aliphatic carbocycles. The van der Waals surface area contributed by atoms with Crippen molar-refractivity contribution in [3.8, 4) is 0 Å². The van der Waals surface area contributed by atoms with Crippen molar-refractivity contribution in [1.82, 2.24) is 5.16 Å². The van der Waals surface area contributed by atoms with E-state index in [-0.39, 0.29) is 0 Å². The van der Waals surface area contributed by atoms with Crippen LogP contribution in [0.15, 0.2) is 4.52 Å². The van der Waals surface area contributed by atoms with Gasteiger partial charge in [-0.15, -0.1) is 11.6 Å². The monoisotopic (exact) mass is 199 g/mol. The average molecular weight is 200 g/mol. The Bertz CT molecular complexity index is 282. The van der Waals surface area contributed by atoms with E-state index in [1.807, 2.05) is 0 Å². The Morgan fingerprint density at radius 2 is 1.92 bits per heavy atom. The third kappa shape index (κ3) is 1.88. The molecule has 1 aromatic heterocycles. The number of nitrogens with zero attached hydrogens (tertiary/aromatic N) is 1. The summed E-state index contributed by atoms with van der Waals surface area (Å²) in [5, 5.41) is 3.99. The van der Waals surface area contributed by atoms with Gasteiger partial charge < -0.3 is 4.52 Å². The van der Waals surface area contributed by atoms with Gasteiger partial charge in [-0.25, -0.2) is 0 Å². The van der Waals surface area contributed by atoms with Gasteiger partial charge in [0.05, 0.1) is 5.88 Å². The first-order valence-corrected chi connectivity index (χ1v) is 5.47. The topological polar surface area (TPSA) is 26.0 Å². The van der Waals surface area contributed by atoms with Gasteiger partial charge in [0.1, 0.15) is 11.5 Å². The minimum absolute atomic E-state index is 0.485. The fourth-order valence-corrected chi connectivity index (χ4v) is 2.12. The zero-order valence-electron chi connectivity index (χ0n) is 7.68. The molecule has 0 saturated carbocycles. The molecule has 0 N–H and O–H groups in total. The highest BCUT2D eigenvalue weighted by molar-refractivity contribution is 6.17. The SMILES string of the molecule is ClCc1noc2c1CCCCCC2. The van der Waals surface area contributed by atoms with E-state index in [1.165, 1.54) is 31.2 Å². The number of rotatable bonds is 1. The van der Waals surface area contributed by atoms with Crippen molar-refractivity contribution in [1.29, 1.82) is 0 Å². The Labute approximate surface area is 83.2 Å². The third-order valence-electron chi connectivity index (χ3n) is 2.66. The van der Waals surface area contributed by atoms with Crippen molar-refractivity contribution in [3.63, 3.8) is 0 Å². The number of hydrogen-bond acceptors (Lipinski definition) is 2. The molecular formula is C10H14ClNO. The molecule has 0 amide bonds. The molecule has 1 aliphatic rings. The predicted octanol–water partition coefficient (Wildman–Crippen LogP) is 3.07. The second-order valence-electron chi connectivity index (χ2n) is 3.58. The fourth-order valence-electron chi connectivity index (χ4n) is 1.91. The maximum atomic E-state index is 5.78. The second-order valence-corrected chi connectivity index (χ2v) is 3.85. The van der Waals surface area contributed by atoms with Crippen LogP contribution in [0.5, 0.6) is 0 Å². The second kappa shape index (κ2) is 4.14. The Hall–Kier alpha value is -0.500. The van der Waals surface area contributed by atoms with Gasteiger partial charge in [0, 0.05) is 12.0 Å². The molecule has 2 rings (SSSR count). The number of alkyl halides is 1. The highest BCUT2D eigenvalue weighted by Gasteiger charge is 2.16. The van der Waals surface area contributed by atoms with Crippen LogP contribution in [0.1, 0.15) is 42.7 Å². The van der Waals surface area contributed by atoms with Crippen LogP contribution in [0.25, 0.3) is 0 Å². The first kappa shape index (κ1) is 9.07. The van der Waals surface area contributed by atoms with Crippen LogP contribution in [-0.4, -0.2) is 5.16 Å². The summed E-state index contributed by atoms with van der Waals surface area (Å²) in [7, 11) is 0. The van der Waals surface area contributed by atoms with Crippen LogP contribution >= 0.6 is 11.6 Å². The molecule has 1 aromatic rings. The largest absolute Gasteiger partial charge is 0.361 e. The molecular weight excluding hydrogens is 186 g/mol. The van der Waals surface area contributed by atoms with E-state index in [0.29, 0.717) is 5.88 Å². The summed E-state index contributed by atoms with van der Waals surface area (Å²) in [6.07, 6.45) is 7.25. The zero-order valence-corrected chi connectivity index (χ0v) is 8.44. The molecule has 0 atom stereocenters. The zero-order chi connectivity index (χ0) is 9.10. The van der Waals surface area contributed by atoms with Crippen LogP contribution in [0.3, 0.4) is 0 Å². The van der Waals surface area contributed by atoms with Crippen molar-refractivity contribution >= 4 is 11.6 Å². The standard InChI is InChI=1S/C10H14ClNO/c11-7-9-8-5-3-1-2-4-6-10(8)13-12-9/h1-7H2. The van der Waals surface area contributed by atoms with Crippen LogP contribution < -0.4 is 0 Å². The van der Waals surface area contributed by atoms with Crippen LogP contribution in [0, 0.1) is 0 Å². The van der Waals surface area contributed by atoms with Gasteiger partial charge in [-0.3, -0.25) is 0 Å². The molecule has 13 heavy (non-hydrogen) atoms. The highest BCUT2D eigenvalue weighted by atomic mass is 35.5. The summed E-state index contributed by atoms with van der Waals surface area (Å²) >= 11 is 5.78. The van der Waals surface area contributed by atoms with Crippen LogP contribution in [-0.2, 0) is 18.7 Å². The number of hydrogen-bond donors (Lipinski definition) is 0. The Kier molecular flexibility index (Phi) is 2.89. The van der Waals surface area contributed by atoms with Crippen molar-refractivity contribution in [2.45, 2.75) is 44.4 Å². The summed E-state index contributed by atoms with van der Waals surface area (Å²) in [6.45, 7) is 0. The van der Waals surface area contributed by atoms with Crippen LogP contribution in [0.4, 0.5) is 0 Å². The summed E-state index contributed by atoms with van der Waals surface area (Å²) in [5.41, 5.74) is 2.24. The molecule has 0 saturated heterocycles. The van der Waals surface area contributed by atoms with Gasteiger partial charge in [0.15, 0.2) is 0 Å². The van der Waals surface area contributed by atoms with E-state index in [2.05, 4.69) is 5.16 Å². The van der Waals surface area contributed by atoms with Crippen molar-refractivity contribution in [2.75, 3.05) is 0 Å². The smallest absolute Gasteiger partial charge is 0.140 e. The lowest BCUT2D eigenvalue weighted by Gasteiger charge is -2.07. The van der Waals surface area contributed by atoms with E-state index in [1.54, 1.807) is 0 Å². The Balaban J connectivity index is 2.25. The third-order valence-corrected chi connectivity index (χ3v) is 2.91. The first-order chi connectivity index (χ1) is 6.42. The lowest BCUT2D eigenvalue weighted by molar-refractivity contribution is 0.371. The predicted molar refractivity (Wildman–Crippen MR) is 51.9 cm³/mol. The molecule has 0 fully saturated rings. The summed E-state index contributed by atoms with van der Waals surface area (Å²) in [6, 6.07) is 0. The molecule has 0 radical (unpaired) electrons. The maximum Gasteiger partial charge on any atom is 0.140 e. The van der Waals surface area contributed by atoms with E-state index in [4.69, 9.17) is 16.1 Å². The molecule has 2 nitrogen and oxygen atoms in total. The lowest BCUT2D eigenvalue weighted by Crippen LogP contribution is -1.98. The van der Waals surface area contributed by atoms with Gasteiger partial charge in [-0.05, 0) is 19.3 Å². The number of aromatic nitrogens is 1. The van der Waals surface area contributed by atoms with Gasteiger partial charge in [-0.1, -0.05) is 18.0 Å². The number of aryl methyl sites for hydroxylation is 1. The van der Waals surface area contributed by atoms with Gasteiger partial charge in [-0.2, -0.15) is 0 Å². The molecule has 72 valence electrons. The van der Waals surface area contributed by atoms with Gasteiger partial charge >= 0.3 is 0 Å². The number of fused-ring (bicyclic) bond motifs is 1. The molecule has 3 heteroatoms. The molecule has 0 unspecified atom stereocenters. The molecule has 1 heterocycles. The lowest BCUT2D eigenvalue weighted by atomic mass is 9.98. The van der Waals surface area contributed by atoms with Crippen LogP contribution in [0.2, 0.25) is 0 Å². The minimum Gasteiger partial charge on any atom is -0.361 e. The van der Waals surface area contributed by atoms with E-state index < -0.39 is 0 Å². The summed E-state index contributed by atoms with van der Waals surface area (Å²) in [4.78, 5) is 0. The van der Waals surface area contributed by atoms with E-state index in [9.17, 15) is 0 Å². The molecule has 0 spiro atoms. The Morgan fingerprint density at radius 3 is 2.69 bits per heavy atom. The molecule has 0 bridgehead atoms.